The molecule has 2 N–H and O–H groups in total. The lowest BCUT2D eigenvalue weighted by molar-refractivity contribution is 0.585. The van der Waals surface area contributed by atoms with Crippen LogP contribution in [0.3, 0.4) is 0 Å². The summed E-state index contributed by atoms with van der Waals surface area (Å²) in [6, 6.07) is 13.2. The lowest BCUT2D eigenvalue weighted by Gasteiger charge is -2.20. The molecule has 0 saturated heterocycles. The van der Waals surface area contributed by atoms with E-state index < -0.39 is 11.6 Å². The van der Waals surface area contributed by atoms with Crippen LogP contribution in [0.2, 0.25) is 0 Å². The normalized spacial score (nSPS) is 11.8. The molecule has 5 heteroatoms. The lowest BCUT2D eigenvalue weighted by atomic mass is 10.1. The molecule has 0 radical (unpaired) electrons. The summed E-state index contributed by atoms with van der Waals surface area (Å²) in [7, 11) is 0. The van der Waals surface area contributed by atoms with Crippen molar-refractivity contribution in [2.24, 2.45) is 0 Å². The van der Waals surface area contributed by atoms with Gasteiger partial charge in [0.2, 0.25) is 0 Å². The molecular formula is C16H16F2N2S. The Kier molecular flexibility index (Phi) is 5.22. The minimum Gasteiger partial charge on any atom is -0.356 e. The maximum atomic E-state index is 13.6. The Morgan fingerprint density at radius 2 is 1.86 bits per heavy atom. The third-order valence-corrected chi connectivity index (χ3v) is 3.31. The topological polar surface area (TPSA) is 24.1 Å². The molecule has 0 aromatic heterocycles. The molecule has 0 saturated carbocycles. The van der Waals surface area contributed by atoms with Gasteiger partial charge in [-0.25, -0.2) is 8.78 Å². The summed E-state index contributed by atoms with van der Waals surface area (Å²) < 4.78 is 26.4. The largest absolute Gasteiger partial charge is 0.356 e. The molecule has 0 heterocycles. The molecule has 21 heavy (non-hydrogen) atoms. The van der Waals surface area contributed by atoms with E-state index in [1.54, 1.807) is 0 Å². The highest BCUT2D eigenvalue weighted by Gasteiger charge is 2.11. The van der Waals surface area contributed by atoms with Crippen LogP contribution in [-0.2, 0) is 0 Å². The standard InChI is InChI=1S/C16H16F2N2S/c1-2-14(11-6-4-3-5-7-11)19-16(21)20-15-9-8-12(17)10-13(15)18/h3-10,14H,2H2,1H3,(H2,19,20,21). The van der Waals surface area contributed by atoms with Gasteiger partial charge in [-0.2, -0.15) is 0 Å². The third-order valence-electron chi connectivity index (χ3n) is 3.09. The zero-order valence-electron chi connectivity index (χ0n) is 11.6. The molecule has 0 aliphatic heterocycles. The number of hydrogen-bond donors (Lipinski definition) is 2. The number of rotatable bonds is 4. The van der Waals surface area contributed by atoms with Crippen LogP contribution in [0, 0.1) is 11.6 Å². The van der Waals surface area contributed by atoms with Crippen LogP contribution < -0.4 is 10.6 Å². The van der Waals surface area contributed by atoms with Crippen molar-refractivity contribution in [3.63, 3.8) is 0 Å². The third kappa shape index (κ3) is 4.23. The fourth-order valence-electron chi connectivity index (χ4n) is 2.01. The fraction of sp³-hybridized carbons (Fsp3) is 0.188. The minimum atomic E-state index is -0.674. The van der Waals surface area contributed by atoms with E-state index in [4.69, 9.17) is 12.2 Å². The Morgan fingerprint density at radius 3 is 2.48 bits per heavy atom. The molecule has 0 spiro atoms. The highest BCUT2D eigenvalue weighted by Crippen LogP contribution is 2.18. The second-order valence-electron chi connectivity index (χ2n) is 4.59. The van der Waals surface area contributed by atoms with Gasteiger partial charge in [0, 0.05) is 6.07 Å². The summed E-state index contributed by atoms with van der Waals surface area (Å²) in [5.41, 5.74) is 1.25. The minimum absolute atomic E-state index is 0.0368. The Labute approximate surface area is 128 Å². The molecule has 1 unspecified atom stereocenters. The van der Waals surface area contributed by atoms with Gasteiger partial charge in [0.15, 0.2) is 5.11 Å². The first-order valence-corrected chi connectivity index (χ1v) is 7.08. The van der Waals surface area contributed by atoms with Crippen molar-refractivity contribution in [2.45, 2.75) is 19.4 Å². The van der Waals surface area contributed by atoms with E-state index in [1.807, 2.05) is 37.3 Å². The molecule has 0 amide bonds. The van der Waals surface area contributed by atoms with Crippen molar-refractivity contribution in [1.82, 2.24) is 5.32 Å². The van der Waals surface area contributed by atoms with Gasteiger partial charge in [-0.15, -0.1) is 0 Å². The van der Waals surface area contributed by atoms with Crippen molar-refractivity contribution < 1.29 is 8.78 Å². The van der Waals surface area contributed by atoms with Gasteiger partial charge in [-0.1, -0.05) is 37.3 Å². The van der Waals surface area contributed by atoms with Crippen LogP contribution in [0.25, 0.3) is 0 Å². The average molecular weight is 306 g/mol. The van der Waals surface area contributed by atoms with Gasteiger partial charge >= 0.3 is 0 Å². The Morgan fingerprint density at radius 1 is 1.14 bits per heavy atom. The molecule has 2 aromatic carbocycles. The summed E-state index contributed by atoms with van der Waals surface area (Å²) in [5, 5.41) is 6.19. The van der Waals surface area contributed by atoms with Crippen molar-refractivity contribution in [1.29, 1.82) is 0 Å². The van der Waals surface area contributed by atoms with Gasteiger partial charge < -0.3 is 10.6 Å². The smallest absolute Gasteiger partial charge is 0.171 e. The average Bonchev–Trinajstić information content (AvgIpc) is 2.48. The summed E-state index contributed by atoms with van der Waals surface area (Å²) in [4.78, 5) is 0. The van der Waals surface area contributed by atoms with E-state index in [9.17, 15) is 8.78 Å². The van der Waals surface area contributed by atoms with Crippen molar-refractivity contribution >= 4 is 23.0 Å². The molecule has 0 aliphatic rings. The molecular weight excluding hydrogens is 290 g/mol. The number of benzene rings is 2. The predicted molar refractivity (Wildman–Crippen MR) is 85.2 cm³/mol. The van der Waals surface area contributed by atoms with Crippen molar-refractivity contribution in [2.75, 3.05) is 5.32 Å². The molecule has 0 aliphatic carbocycles. The van der Waals surface area contributed by atoms with E-state index >= 15 is 0 Å². The van der Waals surface area contributed by atoms with Crippen LogP contribution in [0.5, 0.6) is 0 Å². The molecule has 2 nitrogen and oxygen atoms in total. The second-order valence-corrected chi connectivity index (χ2v) is 5.00. The number of thiocarbonyl (C=S) groups is 1. The molecule has 0 bridgehead atoms. The predicted octanol–water partition coefficient (Wildman–Crippen LogP) is 4.40. The molecule has 2 rings (SSSR count). The second kappa shape index (κ2) is 7.13. The zero-order chi connectivity index (χ0) is 15.2. The van der Waals surface area contributed by atoms with E-state index in [-0.39, 0.29) is 11.7 Å². The Hall–Kier alpha value is -2.01. The number of halogens is 2. The van der Waals surface area contributed by atoms with Crippen LogP contribution in [0.15, 0.2) is 48.5 Å². The summed E-state index contributed by atoms with van der Waals surface area (Å²) >= 11 is 5.19. The highest BCUT2D eigenvalue weighted by atomic mass is 32.1. The van der Waals surface area contributed by atoms with Gasteiger partial charge in [0.25, 0.3) is 0 Å². The Bertz CT molecular complexity index is 617. The fourth-order valence-corrected chi connectivity index (χ4v) is 2.27. The number of hydrogen-bond acceptors (Lipinski definition) is 1. The number of anilines is 1. The first-order valence-electron chi connectivity index (χ1n) is 6.67. The van der Waals surface area contributed by atoms with E-state index in [0.717, 1.165) is 18.1 Å². The molecule has 110 valence electrons. The van der Waals surface area contributed by atoms with E-state index in [1.165, 1.54) is 12.1 Å². The SMILES string of the molecule is CCC(NC(=S)Nc1ccc(F)cc1F)c1ccccc1. The number of nitrogens with one attached hydrogen (secondary N) is 2. The lowest BCUT2D eigenvalue weighted by Crippen LogP contribution is -2.32. The summed E-state index contributed by atoms with van der Waals surface area (Å²) in [6.45, 7) is 2.03. The van der Waals surface area contributed by atoms with Crippen molar-refractivity contribution in [3.05, 3.63) is 65.7 Å². The first kappa shape index (κ1) is 15.4. The summed E-state index contributed by atoms with van der Waals surface area (Å²) in [6.07, 6.45) is 0.831. The quantitative estimate of drug-likeness (QED) is 0.819. The monoisotopic (exact) mass is 306 g/mol. The van der Waals surface area contributed by atoms with Gasteiger partial charge in [0.05, 0.1) is 11.7 Å². The zero-order valence-corrected chi connectivity index (χ0v) is 12.4. The van der Waals surface area contributed by atoms with Crippen LogP contribution >= 0.6 is 12.2 Å². The molecule has 2 aromatic rings. The van der Waals surface area contributed by atoms with Crippen LogP contribution in [0.4, 0.5) is 14.5 Å². The van der Waals surface area contributed by atoms with Crippen LogP contribution in [0.1, 0.15) is 24.9 Å². The van der Waals surface area contributed by atoms with E-state index in [0.29, 0.717) is 5.11 Å². The van der Waals surface area contributed by atoms with Gasteiger partial charge in [-0.3, -0.25) is 0 Å². The molecule has 1 atom stereocenters. The van der Waals surface area contributed by atoms with Crippen LogP contribution in [-0.4, -0.2) is 5.11 Å². The maximum Gasteiger partial charge on any atom is 0.171 e. The van der Waals surface area contributed by atoms with Gasteiger partial charge in [-0.05, 0) is 36.3 Å². The molecule has 0 fully saturated rings. The van der Waals surface area contributed by atoms with Gasteiger partial charge in [0.1, 0.15) is 11.6 Å². The first-order chi connectivity index (χ1) is 10.1. The highest BCUT2D eigenvalue weighted by molar-refractivity contribution is 7.80. The summed E-state index contributed by atoms with van der Waals surface area (Å²) in [5.74, 6) is -1.29. The van der Waals surface area contributed by atoms with E-state index in [2.05, 4.69) is 10.6 Å². The maximum absolute atomic E-state index is 13.6. The Balaban J connectivity index is 2.03. The van der Waals surface area contributed by atoms with Crippen molar-refractivity contribution in [3.8, 4) is 0 Å².